The summed E-state index contributed by atoms with van der Waals surface area (Å²) in [5.74, 6) is -1.62. The number of hydrogen-bond acceptors (Lipinski definition) is 3. The summed E-state index contributed by atoms with van der Waals surface area (Å²) in [6.07, 6.45) is -2.41. The molecular weight excluding hydrogens is 420 g/mol. The van der Waals surface area contributed by atoms with Crippen LogP contribution in [-0.4, -0.2) is 23.2 Å². The van der Waals surface area contributed by atoms with E-state index in [9.17, 15) is 14.0 Å². The van der Waals surface area contributed by atoms with E-state index in [1.165, 1.54) is 19.1 Å². The summed E-state index contributed by atoms with van der Waals surface area (Å²) in [5, 5.41) is 11.9. The van der Waals surface area contributed by atoms with Crippen LogP contribution in [0.5, 0.6) is 5.75 Å². The van der Waals surface area contributed by atoms with Crippen molar-refractivity contribution in [3.8, 4) is 5.75 Å². The van der Waals surface area contributed by atoms with Crippen molar-refractivity contribution in [1.82, 2.24) is 0 Å². The van der Waals surface area contributed by atoms with Crippen molar-refractivity contribution in [2.24, 2.45) is 0 Å². The van der Waals surface area contributed by atoms with Gasteiger partial charge >= 0.3 is 5.97 Å². The number of carboxylic acids is 1. The molecule has 2 rings (SSSR count). The Balaban J connectivity index is 2.15. The van der Waals surface area contributed by atoms with Crippen LogP contribution in [0.4, 0.5) is 10.1 Å². The van der Waals surface area contributed by atoms with Gasteiger partial charge in [0.25, 0.3) is 0 Å². The summed E-state index contributed by atoms with van der Waals surface area (Å²) in [6, 6.07) is 7.74. The maximum Gasteiger partial charge on any atom is 0.338 e. The summed E-state index contributed by atoms with van der Waals surface area (Å²) in [4.78, 5) is 21.8. The van der Waals surface area contributed by atoms with Crippen molar-refractivity contribution in [1.29, 1.82) is 0 Å². The van der Waals surface area contributed by atoms with E-state index < -0.39 is 12.1 Å². The molecule has 2 aromatic rings. The first kappa shape index (κ1) is 21.3. The molecular formula is C18H15Cl3FNO4. The molecule has 1 unspecified atom stereocenters. The van der Waals surface area contributed by atoms with Gasteiger partial charge in [0.15, 0.2) is 5.75 Å². The number of amides is 1. The molecule has 0 aliphatic carbocycles. The Bertz CT molecular complexity index is 853. The molecule has 1 amide bonds. The number of nitrogens with one attached hydrogen (secondary N) is 1. The number of hydrogen-bond donors (Lipinski definition) is 2. The molecule has 0 saturated carbocycles. The first-order valence-electron chi connectivity index (χ1n) is 7.70. The van der Waals surface area contributed by atoms with Crippen molar-refractivity contribution in [3.63, 3.8) is 0 Å². The van der Waals surface area contributed by atoms with Gasteiger partial charge in [0.1, 0.15) is 6.61 Å². The Morgan fingerprint density at radius 3 is 2.30 bits per heavy atom. The van der Waals surface area contributed by atoms with Crippen LogP contribution in [0.1, 0.15) is 18.1 Å². The van der Waals surface area contributed by atoms with Gasteiger partial charge in [0, 0.05) is 24.1 Å². The molecule has 27 heavy (non-hydrogen) atoms. The second kappa shape index (κ2) is 9.26. The molecule has 0 bridgehead atoms. The van der Waals surface area contributed by atoms with Crippen LogP contribution >= 0.6 is 34.8 Å². The van der Waals surface area contributed by atoms with E-state index >= 15 is 0 Å². The number of anilines is 1. The van der Waals surface area contributed by atoms with Crippen molar-refractivity contribution in [2.75, 3.05) is 5.32 Å². The normalized spacial score (nSPS) is 11.7. The Morgan fingerprint density at radius 2 is 1.74 bits per heavy atom. The van der Waals surface area contributed by atoms with Gasteiger partial charge in [-0.15, -0.1) is 0 Å². The van der Waals surface area contributed by atoms with Crippen LogP contribution in [0.2, 0.25) is 15.1 Å². The predicted octanol–water partition coefficient (Wildman–Crippen LogP) is 5.15. The third-order valence-electron chi connectivity index (χ3n) is 3.40. The number of carbonyl (C=O) groups is 2. The number of carboxylic acid groups (broad SMARTS) is 1. The molecule has 0 spiro atoms. The highest BCUT2D eigenvalue weighted by Crippen LogP contribution is 2.35. The molecule has 0 aliphatic rings. The first-order chi connectivity index (χ1) is 12.7. The van der Waals surface area contributed by atoms with Gasteiger partial charge in [-0.05, 0) is 41.5 Å². The van der Waals surface area contributed by atoms with Gasteiger partial charge < -0.3 is 15.2 Å². The number of alkyl halides is 1. The fraction of sp³-hybridized carbons (Fsp3) is 0.222. The zero-order chi connectivity index (χ0) is 20.1. The van der Waals surface area contributed by atoms with Crippen LogP contribution < -0.4 is 10.1 Å². The minimum atomic E-state index is -2.05. The van der Waals surface area contributed by atoms with Crippen LogP contribution in [0.25, 0.3) is 0 Å². The second-order valence-corrected chi connectivity index (χ2v) is 6.97. The first-order valence-corrected chi connectivity index (χ1v) is 8.83. The Labute approximate surface area is 170 Å². The SMILES string of the molecule is CC(=O)Nc1cc(Cl)cc(COc2c(Cl)cc(CC(F)C(=O)O)cc2Cl)c1. The van der Waals surface area contributed by atoms with Crippen molar-refractivity contribution >= 4 is 52.4 Å². The Morgan fingerprint density at radius 1 is 1.11 bits per heavy atom. The van der Waals surface area contributed by atoms with E-state index in [0.717, 1.165) is 0 Å². The Kier molecular flexibility index (Phi) is 7.30. The number of rotatable bonds is 7. The lowest BCUT2D eigenvalue weighted by Gasteiger charge is -2.13. The lowest BCUT2D eigenvalue weighted by atomic mass is 10.1. The minimum absolute atomic E-state index is 0.0623. The Hall–Kier alpha value is -2.02. The topological polar surface area (TPSA) is 75.6 Å². The third-order valence-corrected chi connectivity index (χ3v) is 4.18. The average molecular weight is 435 g/mol. The highest BCUT2D eigenvalue weighted by atomic mass is 35.5. The molecule has 1 atom stereocenters. The molecule has 0 radical (unpaired) electrons. The second-order valence-electron chi connectivity index (χ2n) is 5.72. The zero-order valence-electron chi connectivity index (χ0n) is 14.1. The molecule has 0 heterocycles. The lowest BCUT2D eigenvalue weighted by molar-refractivity contribution is -0.142. The molecule has 9 heteroatoms. The average Bonchev–Trinajstić information content (AvgIpc) is 2.52. The number of halogens is 4. The minimum Gasteiger partial charge on any atom is -0.486 e. The summed E-state index contributed by atoms with van der Waals surface area (Å²) in [6.45, 7) is 1.44. The third kappa shape index (κ3) is 6.27. The van der Waals surface area contributed by atoms with Gasteiger partial charge in [-0.2, -0.15) is 0 Å². The maximum atomic E-state index is 13.4. The highest BCUT2D eigenvalue weighted by molar-refractivity contribution is 6.37. The molecule has 0 aromatic heterocycles. The maximum absolute atomic E-state index is 13.4. The predicted molar refractivity (Wildman–Crippen MR) is 103 cm³/mol. The quantitative estimate of drug-likeness (QED) is 0.632. The summed E-state index contributed by atoms with van der Waals surface area (Å²) in [5.41, 5.74) is 1.52. The van der Waals surface area contributed by atoms with Crippen molar-refractivity contribution in [2.45, 2.75) is 26.1 Å². The van der Waals surface area contributed by atoms with E-state index in [-0.39, 0.29) is 34.7 Å². The number of carbonyl (C=O) groups excluding carboxylic acids is 1. The van der Waals surface area contributed by atoms with Crippen LogP contribution in [0.15, 0.2) is 30.3 Å². The van der Waals surface area contributed by atoms with E-state index in [4.69, 9.17) is 44.6 Å². The molecule has 2 aromatic carbocycles. The van der Waals surface area contributed by atoms with E-state index in [2.05, 4.69) is 5.32 Å². The monoisotopic (exact) mass is 433 g/mol. The fourth-order valence-corrected chi connectivity index (χ4v) is 3.23. The van der Waals surface area contributed by atoms with Gasteiger partial charge in [0.2, 0.25) is 12.1 Å². The summed E-state index contributed by atoms with van der Waals surface area (Å²) in [7, 11) is 0. The van der Waals surface area contributed by atoms with E-state index in [1.54, 1.807) is 18.2 Å². The van der Waals surface area contributed by atoms with Gasteiger partial charge in [-0.3, -0.25) is 4.79 Å². The summed E-state index contributed by atoms with van der Waals surface area (Å²) >= 11 is 18.3. The number of benzene rings is 2. The van der Waals surface area contributed by atoms with Gasteiger partial charge in [0.05, 0.1) is 10.0 Å². The fourth-order valence-electron chi connectivity index (χ4n) is 2.33. The van der Waals surface area contributed by atoms with Crippen LogP contribution in [0, 0.1) is 0 Å². The number of aliphatic carboxylic acids is 1. The molecule has 2 N–H and O–H groups in total. The van der Waals surface area contributed by atoms with Gasteiger partial charge in [-0.1, -0.05) is 34.8 Å². The molecule has 144 valence electrons. The smallest absolute Gasteiger partial charge is 0.338 e. The highest BCUT2D eigenvalue weighted by Gasteiger charge is 2.18. The van der Waals surface area contributed by atoms with E-state index in [1.807, 2.05) is 0 Å². The number of ether oxygens (including phenoxy) is 1. The molecule has 0 saturated heterocycles. The van der Waals surface area contributed by atoms with Crippen molar-refractivity contribution in [3.05, 3.63) is 56.5 Å². The van der Waals surface area contributed by atoms with Gasteiger partial charge in [-0.25, -0.2) is 9.18 Å². The largest absolute Gasteiger partial charge is 0.486 e. The van der Waals surface area contributed by atoms with Crippen LogP contribution in [-0.2, 0) is 22.6 Å². The molecule has 5 nitrogen and oxygen atoms in total. The zero-order valence-corrected chi connectivity index (χ0v) is 16.3. The van der Waals surface area contributed by atoms with Crippen LogP contribution in [0.3, 0.4) is 0 Å². The molecule has 0 fully saturated rings. The standard InChI is InChI=1S/C18H15Cl3FNO4/c1-9(24)23-13-3-11(2-12(19)7-13)8-27-17-14(20)4-10(5-15(17)21)6-16(22)18(25)26/h2-5,7,16H,6,8H2,1H3,(H,23,24)(H,25,26). The lowest BCUT2D eigenvalue weighted by Crippen LogP contribution is -2.17. The summed E-state index contributed by atoms with van der Waals surface area (Å²) < 4.78 is 19.0. The van der Waals surface area contributed by atoms with E-state index in [0.29, 0.717) is 21.8 Å². The molecule has 0 aliphatic heterocycles. The van der Waals surface area contributed by atoms with Crippen molar-refractivity contribution < 1.29 is 23.8 Å².